The van der Waals surface area contributed by atoms with E-state index in [1.165, 1.54) is 0 Å². The van der Waals surface area contributed by atoms with Gasteiger partial charge in [-0.25, -0.2) is 4.79 Å². The predicted octanol–water partition coefficient (Wildman–Crippen LogP) is 3.28. The number of aryl methyl sites for hydroxylation is 1. The highest BCUT2D eigenvalue weighted by molar-refractivity contribution is 14.1. The summed E-state index contributed by atoms with van der Waals surface area (Å²) in [5, 5.41) is 0. The Bertz CT molecular complexity index is 524. The SMILES string of the molecule is Cc1cc(C(=O)Oc2ccccc2I)sn1. The Kier molecular flexibility index (Phi) is 3.55. The van der Waals surface area contributed by atoms with Gasteiger partial charge >= 0.3 is 5.97 Å². The summed E-state index contributed by atoms with van der Waals surface area (Å²) in [6, 6.07) is 9.12. The van der Waals surface area contributed by atoms with Gasteiger partial charge in [0.25, 0.3) is 0 Å². The molecule has 0 radical (unpaired) electrons. The molecular weight excluding hydrogens is 337 g/mol. The summed E-state index contributed by atoms with van der Waals surface area (Å²) in [5.74, 6) is 0.230. The van der Waals surface area contributed by atoms with Crippen molar-refractivity contribution in [2.24, 2.45) is 0 Å². The fourth-order valence-corrected chi connectivity index (χ4v) is 2.27. The fraction of sp³-hybridized carbons (Fsp3) is 0.0909. The normalized spacial score (nSPS) is 10.1. The zero-order valence-corrected chi connectivity index (χ0v) is 11.4. The van der Waals surface area contributed by atoms with E-state index in [0.29, 0.717) is 10.6 Å². The van der Waals surface area contributed by atoms with Crippen molar-refractivity contribution in [3.05, 3.63) is 44.5 Å². The molecule has 0 unspecified atom stereocenters. The molecule has 0 spiro atoms. The molecule has 16 heavy (non-hydrogen) atoms. The first-order valence-corrected chi connectivity index (χ1v) is 6.42. The van der Waals surface area contributed by atoms with Gasteiger partial charge in [-0.05, 0) is 59.2 Å². The molecule has 0 atom stereocenters. The summed E-state index contributed by atoms with van der Waals surface area (Å²) < 4.78 is 10.2. The topological polar surface area (TPSA) is 39.2 Å². The third-order valence-electron chi connectivity index (χ3n) is 1.87. The maximum Gasteiger partial charge on any atom is 0.355 e. The summed E-state index contributed by atoms with van der Waals surface area (Å²) in [6.07, 6.45) is 0. The number of benzene rings is 1. The van der Waals surface area contributed by atoms with E-state index in [1.807, 2.05) is 25.1 Å². The van der Waals surface area contributed by atoms with E-state index in [2.05, 4.69) is 27.0 Å². The van der Waals surface area contributed by atoms with E-state index < -0.39 is 0 Å². The van der Waals surface area contributed by atoms with Crippen LogP contribution in [0.1, 0.15) is 15.4 Å². The molecule has 0 bridgehead atoms. The van der Waals surface area contributed by atoms with Crippen LogP contribution in [0.2, 0.25) is 0 Å². The zero-order chi connectivity index (χ0) is 11.5. The van der Waals surface area contributed by atoms with E-state index in [0.717, 1.165) is 20.8 Å². The van der Waals surface area contributed by atoms with Gasteiger partial charge in [-0.1, -0.05) is 12.1 Å². The Labute approximate surface area is 111 Å². The molecule has 2 rings (SSSR count). The summed E-state index contributed by atoms with van der Waals surface area (Å²) in [7, 11) is 0. The van der Waals surface area contributed by atoms with Gasteiger partial charge in [0, 0.05) is 0 Å². The molecule has 0 aliphatic rings. The Morgan fingerprint density at radius 2 is 2.19 bits per heavy atom. The van der Waals surface area contributed by atoms with Crippen LogP contribution in [0.4, 0.5) is 0 Å². The van der Waals surface area contributed by atoms with Gasteiger partial charge in [0.2, 0.25) is 0 Å². The molecule has 1 aromatic carbocycles. The smallest absolute Gasteiger partial charge is 0.355 e. The minimum absolute atomic E-state index is 0.352. The first-order valence-electron chi connectivity index (χ1n) is 4.57. The monoisotopic (exact) mass is 345 g/mol. The number of hydrogen-bond donors (Lipinski definition) is 0. The highest BCUT2D eigenvalue weighted by Crippen LogP contribution is 2.21. The van der Waals surface area contributed by atoms with E-state index in [9.17, 15) is 4.79 Å². The average Bonchev–Trinajstić information content (AvgIpc) is 2.68. The van der Waals surface area contributed by atoms with Gasteiger partial charge in [0.15, 0.2) is 0 Å². The Morgan fingerprint density at radius 3 is 2.81 bits per heavy atom. The quantitative estimate of drug-likeness (QED) is 0.476. The summed E-state index contributed by atoms with van der Waals surface area (Å²) in [4.78, 5) is 12.2. The molecule has 1 aromatic heterocycles. The number of rotatable bonds is 2. The number of carbonyl (C=O) groups excluding carboxylic acids is 1. The zero-order valence-electron chi connectivity index (χ0n) is 8.44. The van der Waals surface area contributed by atoms with E-state index >= 15 is 0 Å². The lowest BCUT2D eigenvalue weighted by Crippen LogP contribution is -2.07. The van der Waals surface area contributed by atoms with Gasteiger partial charge in [0.05, 0.1) is 9.26 Å². The lowest BCUT2D eigenvalue weighted by molar-refractivity contribution is 0.0738. The fourth-order valence-electron chi connectivity index (χ4n) is 1.14. The Morgan fingerprint density at radius 1 is 1.44 bits per heavy atom. The average molecular weight is 345 g/mol. The molecule has 0 saturated heterocycles. The Balaban J connectivity index is 2.17. The molecular formula is C11H8INO2S. The number of nitrogens with zero attached hydrogens (tertiary/aromatic N) is 1. The minimum Gasteiger partial charge on any atom is -0.421 e. The van der Waals surface area contributed by atoms with Crippen LogP contribution < -0.4 is 4.74 Å². The molecule has 0 aliphatic heterocycles. The minimum atomic E-state index is -0.352. The molecule has 2 aromatic rings. The third-order valence-corrected chi connectivity index (χ3v) is 3.62. The summed E-state index contributed by atoms with van der Waals surface area (Å²) in [5.41, 5.74) is 0.833. The van der Waals surface area contributed by atoms with Crippen molar-refractivity contribution in [2.75, 3.05) is 0 Å². The lowest BCUT2D eigenvalue weighted by Gasteiger charge is -2.03. The standard InChI is InChI=1S/C11H8INO2S/c1-7-6-10(16-13-7)11(14)15-9-5-3-2-4-8(9)12/h2-6H,1H3. The molecule has 82 valence electrons. The number of ether oxygens (including phenoxy) is 1. The number of halogens is 1. The van der Waals surface area contributed by atoms with Crippen molar-refractivity contribution in [3.63, 3.8) is 0 Å². The molecule has 0 N–H and O–H groups in total. The lowest BCUT2D eigenvalue weighted by atomic mass is 10.3. The third kappa shape index (κ3) is 2.59. The predicted molar refractivity (Wildman–Crippen MR) is 71.0 cm³/mol. The van der Waals surface area contributed by atoms with Gasteiger partial charge in [-0.2, -0.15) is 4.37 Å². The first kappa shape index (κ1) is 11.5. The molecule has 0 amide bonds. The van der Waals surface area contributed by atoms with Crippen LogP contribution in [-0.2, 0) is 0 Å². The highest BCUT2D eigenvalue weighted by atomic mass is 127. The van der Waals surface area contributed by atoms with E-state index in [-0.39, 0.29) is 5.97 Å². The molecule has 0 saturated carbocycles. The second-order valence-corrected chi connectivity index (χ2v) is 5.12. The number of carbonyl (C=O) groups is 1. The van der Waals surface area contributed by atoms with Crippen molar-refractivity contribution in [2.45, 2.75) is 6.92 Å². The van der Waals surface area contributed by atoms with Crippen molar-refractivity contribution >= 4 is 40.1 Å². The van der Waals surface area contributed by atoms with Crippen LogP contribution in [-0.4, -0.2) is 10.3 Å². The van der Waals surface area contributed by atoms with Gasteiger partial charge in [-0.3, -0.25) is 0 Å². The second kappa shape index (κ2) is 4.92. The number of para-hydroxylation sites is 1. The van der Waals surface area contributed by atoms with Gasteiger partial charge in [-0.15, -0.1) is 0 Å². The maximum absolute atomic E-state index is 11.7. The van der Waals surface area contributed by atoms with Crippen molar-refractivity contribution in [3.8, 4) is 5.75 Å². The van der Waals surface area contributed by atoms with Crippen LogP contribution in [0.5, 0.6) is 5.75 Å². The molecule has 5 heteroatoms. The van der Waals surface area contributed by atoms with Crippen LogP contribution in [0, 0.1) is 10.5 Å². The van der Waals surface area contributed by atoms with Crippen LogP contribution >= 0.6 is 34.1 Å². The molecule has 0 fully saturated rings. The number of hydrogen-bond acceptors (Lipinski definition) is 4. The molecule has 3 nitrogen and oxygen atoms in total. The molecule has 1 heterocycles. The second-order valence-electron chi connectivity index (χ2n) is 3.15. The first-order chi connectivity index (χ1) is 7.66. The largest absolute Gasteiger partial charge is 0.421 e. The highest BCUT2D eigenvalue weighted by Gasteiger charge is 2.12. The van der Waals surface area contributed by atoms with Gasteiger partial charge in [0.1, 0.15) is 10.6 Å². The van der Waals surface area contributed by atoms with Crippen molar-refractivity contribution in [1.82, 2.24) is 4.37 Å². The number of aromatic nitrogens is 1. The molecule has 0 aliphatic carbocycles. The van der Waals surface area contributed by atoms with Crippen LogP contribution in [0.25, 0.3) is 0 Å². The van der Waals surface area contributed by atoms with E-state index in [4.69, 9.17) is 4.74 Å². The van der Waals surface area contributed by atoms with E-state index in [1.54, 1.807) is 12.1 Å². The van der Waals surface area contributed by atoms with Crippen LogP contribution in [0.15, 0.2) is 30.3 Å². The maximum atomic E-state index is 11.7. The number of esters is 1. The van der Waals surface area contributed by atoms with Crippen molar-refractivity contribution in [1.29, 1.82) is 0 Å². The van der Waals surface area contributed by atoms with Gasteiger partial charge < -0.3 is 4.74 Å². The summed E-state index contributed by atoms with van der Waals surface area (Å²) in [6.45, 7) is 1.85. The van der Waals surface area contributed by atoms with Crippen molar-refractivity contribution < 1.29 is 9.53 Å². The summed E-state index contributed by atoms with van der Waals surface area (Å²) >= 11 is 3.28. The Hall–Kier alpha value is -0.950. The van der Waals surface area contributed by atoms with Crippen LogP contribution in [0.3, 0.4) is 0 Å².